The lowest BCUT2D eigenvalue weighted by Gasteiger charge is -2.28. The van der Waals surface area contributed by atoms with Crippen LogP contribution in [-0.2, 0) is 22.5 Å². The van der Waals surface area contributed by atoms with Gasteiger partial charge in [-0.2, -0.15) is 0 Å². The molecule has 2 aromatic rings. The molecule has 1 heterocycles. The van der Waals surface area contributed by atoms with Crippen LogP contribution in [0.15, 0.2) is 42.5 Å². The molecule has 0 unspecified atom stereocenters. The number of benzene rings is 2. The number of rotatable bonds is 4. The number of amides is 1. The predicted octanol–water partition coefficient (Wildman–Crippen LogP) is 3.34. The van der Waals surface area contributed by atoms with Gasteiger partial charge in [0.2, 0.25) is 5.91 Å². The Bertz CT molecular complexity index is 819. The molecule has 0 aromatic heterocycles. The second-order valence-electron chi connectivity index (χ2n) is 6.35. The van der Waals surface area contributed by atoms with E-state index in [4.69, 9.17) is 16.3 Å². The molecule has 6 heteroatoms. The van der Waals surface area contributed by atoms with E-state index in [-0.39, 0.29) is 17.8 Å². The number of hydrogen-bond acceptors (Lipinski definition) is 4. The van der Waals surface area contributed by atoms with Gasteiger partial charge in [-0.1, -0.05) is 23.7 Å². The highest BCUT2D eigenvalue weighted by Crippen LogP contribution is 2.30. The van der Waals surface area contributed by atoms with Crippen LogP contribution in [0, 0.1) is 5.92 Å². The highest BCUT2D eigenvalue weighted by Gasteiger charge is 2.28. The third-order valence-electron chi connectivity index (χ3n) is 4.45. The fourth-order valence-corrected chi connectivity index (χ4v) is 3.24. The van der Waals surface area contributed by atoms with E-state index in [1.807, 2.05) is 24.3 Å². The summed E-state index contributed by atoms with van der Waals surface area (Å²) in [7, 11) is 3.12. The van der Waals surface area contributed by atoms with Crippen LogP contribution in [-0.4, -0.2) is 37.5 Å². The molecule has 1 aliphatic heterocycles. The summed E-state index contributed by atoms with van der Waals surface area (Å²) >= 11 is 6.04. The van der Waals surface area contributed by atoms with Crippen LogP contribution in [0.3, 0.4) is 0 Å². The van der Waals surface area contributed by atoms with Gasteiger partial charge >= 0.3 is 5.97 Å². The summed E-state index contributed by atoms with van der Waals surface area (Å²) in [6.45, 7) is 0.818. The highest BCUT2D eigenvalue weighted by molar-refractivity contribution is 6.30. The summed E-state index contributed by atoms with van der Waals surface area (Å²) in [5.74, 6) is 0.199. The van der Waals surface area contributed by atoms with Gasteiger partial charge in [-0.3, -0.25) is 4.79 Å². The van der Waals surface area contributed by atoms with Crippen LogP contribution in [0.25, 0.3) is 0 Å². The number of halogens is 1. The average Bonchev–Trinajstić information content (AvgIpc) is 2.66. The zero-order valence-corrected chi connectivity index (χ0v) is 15.5. The van der Waals surface area contributed by atoms with Crippen molar-refractivity contribution in [2.45, 2.75) is 13.0 Å². The quantitative estimate of drug-likeness (QED) is 0.771. The normalized spacial score (nSPS) is 15.6. The lowest BCUT2D eigenvalue weighted by atomic mass is 9.95. The number of hydrogen-bond donors (Lipinski definition) is 0. The SMILES string of the molecule is COC(=O)c1ccc(CN(C)C(=O)[C@@H]2COc3ccc(Cl)cc3C2)cc1. The third kappa shape index (κ3) is 3.99. The minimum absolute atomic E-state index is 0.0210. The van der Waals surface area contributed by atoms with E-state index in [1.54, 1.807) is 30.1 Å². The Hall–Kier alpha value is -2.53. The molecular formula is C20H20ClNO4. The molecule has 0 spiro atoms. The van der Waals surface area contributed by atoms with Gasteiger partial charge in [-0.15, -0.1) is 0 Å². The molecule has 0 saturated carbocycles. The molecule has 3 rings (SSSR count). The van der Waals surface area contributed by atoms with Crippen molar-refractivity contribution in [3.05, 3.63) is 64.2 Å². The van der Waals surface area contributed by atoms with Gasteiger partial charge in [0.1, 0.15) is 12.4 Å². The topological polar surface area (TPSA) is 55.8 Å². The fourth-order valence-electron chi connectivity index (χ4n) is 3.05. The van der Waals surface area contributed by atoms with E-state index in [0.717, 1.165) is 16.9 Å². The van der Waals surface area contributed by atoms with Crippen LogP contribution < -0.4 is 4.74 Å². The number of ether oxygens (including phenoxy) is 2. The molecule has 1 amide bonds. The largest absolute Gasteiger partial charge is 0.492 e. The fraction of sp³-hybridized carbons (Fsp3) is 0.300. The van der Waals surface area contributed by atoms with Gasteiger partial charge < -0.3 is 14.4 Å². The Labute approximate surface area is 157 Å². The van der Waals surface area contributed by atoms with E-state index in [0.29, 0.717) is 30.2 Å². The molecule has 5 nitrogen and oxygen atoms in total. The van der Waals surface area contributed by atoms with Crippen molar-refractivity contribution in [3.8, 4) is 5.75 Å². The first-order chi connectivity index (χ1) is 12.5. The molecule has 1 aliphatic rings. The maximum Gasteiger partial charge on any atom is 0.337 e. The summed E-state index contributed by atoms with van der Waals surface area (Å²) < 4.78 is 10.4. The van der Waals surface area contributed by atoms with E-state index in [2.05, 4.69) is 4.74 Å². The van der Waals surface area contributed by atoms with Crippen LogP contribution in [0.4, 0.5) is 0 Å². The number of nitrogens with zero attached hydrogens (tertiary/aromatic N) is 1. The number of fused-ring (bicyclic) bond motifs is 1. The smallest absolute Gasteiger partial charge is 0.337 e. The highest BCUT2D eigenvalue weighted by atomic mass is 35.5. The summed E-state index contributed by atoms with van der Waals surface area (Å²) in [5, 5.41) is 0.638. The number of carbonyl (C=O) groups is 2. The van der Waals surface area contributed by atoms with Crippen molar-refractivity contribution in [2.24, 2.45) is 5.92 Å². The lowest BCUT2D eigenvalue weighted by Crippen LogP contribution is -2.38. The molecule has 136 valence electrons. The maximum absolute atomic E-state index is 12.8. The third-order valence-corrected chi connectivity index (χ3v) is 4.68. The maximum atomic E-state index is 12.8. The lowest BCUT2D eigenvalue weighted by molar-refractivity contribution is -0.136. The first kappa shape index (κ1) is 18.3. The summed E-state index contributed by atoms with van der Waals surface area (Å²) in [4.78, 5) is 25.9. The molecule has 0 fully saturated rings. The molecule has 0 bridgehead atoms. The van der Waals surface area contributed by atoms with Crippen LogP contribution >= 0.6 is 11.6 Å². The van der Waals surface area contributed by atoms with Gasteiger partial charge in [0, 0.05) is 18.6 Å². The molecule has 0 aliphatic carbocycles. The second kappa shape index (κ2) is 7.79. The Balaban J connectivity index is 1.64. The summed E-state index contributed by atoms with van der Waals surface area (Å²) in [5.41, 5.74) is 2.38. The van der Waals surface area contributed by atoms with Gasteiger partial charge in [-0.05, 0) is 47.9 Å². The molecular weight excluding hydrogens is 354 g/mol. The average molecular weight is 374 g/mol. The van der Waals surface area contributed by atoms with Crippen molar-refractivity contribution in [2.75, 3.05) is 20.8 Å². The van der Waals surface area contributed by atoms with Crippen molar-refractivity contribution >= 4 is 23.5 Å². The molecule has 0 N–H and O–H groups in total. The van der Waals surface area contributed by atoms with Crippen LogP contribution in [0.1, 0.15) is 21.5 Å². The van der Waals surface area contributed by atoms with Crippen molar-refractivity contribution in [1.29, 1.82) is 0 Å². The zero-order valence-electron chi connectivity index (χ0n) is 14.7. The molecule has 0 radical (unpaired) electrons. The van der Waals surface area contributed by atoms with E-state index in [1.165, 1.54) is 7.11 Å². The molecule has 0 saturated heterocycles. The molecule has 26 heavy (non-hydrogen) atoms. The van der Waals surface area contributed by atoms with Crippen LogP contribution in [0.2, 0.25) is 5.02 Å². The van der Waals surface area contributed by atoms with E-state index < -0.39 is 0 Å². The Morgan fingerprint density at radius 2 is 1.96 bits per heavy atom. The minimum Gasteiger partial charge on any atom is -0.492 e. The van der Waals surface area contributed by atoms with Crippen molar-refractivity contribution in [1.82, 2.24) is 4.90 Å². The predicted molar refractivity (Wildman–Crippen MR) is 98.4 cm³/mol. The first-order valence-corrected chi connectivity index (χ1v) is 8.69. The summed E-state index contributed by atoms with van der Waals surface area (Å²) in [6, 6.07) is 12.5. The van der Waals surface area contributed by atoms with Crippen LogP contribution in [0.5, 0.6) is 5.75 Å². The van der Waals surface area contributed by atoms with Gasteiger partial charge in [0.25, 0.3) is 0 Å². The zero-order chi connectivity index (χ0) is 18.7. The number of esters is 1. The minimum atomic E-state index is -0.377. The number of carbonyl (C=O) groups excluding carboxylic acids is 2. The Morgan fingerprint density at radius 3 is 2.65 bits per heavy atom. The van der Waals surface area contributed by atoms with Gasteiger partial charge in [0.05, 0.1) is 18.6 Å². The van der Waals surface area contributed by atoms with Crippen molar-refractivity contribution in [3.63, 3.8) is 0 Å². The van der Waals surface area contributed by atoms with Gasteiger partial charge in [0.15, 0.2) is 0 Å². The Kier molecular flexibility index (Phi) is 5.47. The van der Waals surface area contributed by atoms with E-state index in [9.17, 15) is 9.59 Å². The standard InChI is InChI=1S/C20H20ClNO4/c1-22(11-13-3-5-14(6-4-13)20(24)25-2)19(23)16-9-15-10-17(21)7-8-18(15)26-12-16/h3-8,10,16H,9,11-12H2,1-2H3/t16-/m0/s1. The van der Waals surface area contributed by atoms with E-state index >= 15 is 0 Å². The Morgan fingerprint density at radius 1 is 1.23 bits per heavy atom. The first-order valence-electron chi connectivity index (χ1n) is 8.31. The summed E-state index contributed by atoms with van der Waals surface area (Å²) in [6.07, 6.45) is 0.611. The molecule has 1 atom stereocenters. The molecule has 2 aromatic carbocycles. The second-order valence-corrected chi connectivity index (χ2v) is 6.78. The number of methoxy groups -OCH3 is 1. The monoisotopic (exact) mass is 373 g/mol. The van der Waals surface area contributed by atoms with Gasteiger partial charge in [-0.25, -0.2) is 4.79 Å². The van der Waals surface area contributed by atoms with Crippen molar-refractivity contribution < 1.29 is 19.1 Å².